The van der Waals surface area contributed by atoms with E-state index in [0.717, 1.165) is 22.6 Å². The van der Waals surface area contributed by atoms with Crippen molar-refractivity contribution >= 4 is 32.3 Å². The highest BCUT2D eigenvalue weighted by atomic mass is 32.2. The van der Waals surface area contributed by atoms with Gasteiger partial charge in [-0.2, -0.15) is 5.10 Å². The standard InChI is InChI=1S/C27H22FN5O5S/c1-16-4-7-18(12-24(16)38-20-10-11-22-21(13-20)27(35)32(2)15-29-22)30-26(34)23-14-25(39(3,36)37)33(31-23)19-8-5-17(28)6-9-19/h4-15H,1-3H3,(H,30,34). The number of ether oxygens (including phenoxy) is 1. The quantitative estimate of drug-likeness (QED) is 0.340. The predicted octanol–water partition coefficient (Wildman–Crippen LogP) is 4.01. The summed E-state index contributed by atoms with van der Waals surface area (Å²) in [6.45, 7) is 1.82. The van der Waals surface area contributed by atoms with Crippen LogP contribution in [0.2, 0.25) is 0 Å². The number of aryl methyl sites for hydroxylation is 2. The van der Waals surface area contributed by atoms with E-state index in [-0.39, 0.29) is 22.0 Å². The zero-order valence-electron chi connectivity index (χ0n) is 21.0. The Morgan fingerprint density at radius 3 is 2.49 bits per heavy atom. The van der Waals surface area contributed by atoms with E-state index in [0.29, 0.717) is 28.1 Å². The average Bonchev–Trinajstić information content (AvgIpc) is 3.36. The summed E-state index contributed by atoms with van der Waals surface area (Å²) in [5, 5.41) is 7.04. The van der Waals surface area contributed by atoms with Crippen molar-refractivity contribution in [1.82, 2.24) is 19.3 Å². The van der Waals surface area contributed by atoms with Crippen LogP contribution in [0.1, 0.15) is 16.1 Å². The summed E-state index contributed by atoms with van der Waals surface area (Å²) >= 11 is 0. The number of aromatic nitrogens is 4. The molecule has 0 unspecified atom stereocenters. The minimum atomic E-state index is -3.77. The van der Waals surface area contributed by atoms with Gasteiger partial charge in [-0.25, -0.2) is 22.5 Å². The Kier molecular flexibility index (Phi) is 6.48. The topological polar surface area (TPSA) is 125 Å². The van der Waals surface area contributed by atoms with E-state index in [1.807, 2.05) is 6.92 Å². The summed E-state index contributed by atoms with van der Waals surface area (Å²) in [5.74, 6) is -0.308. The van der Waals surface area contributed by atoms with Crippen LogP contribution in [0, 0.1) is 12.7 Å². The lowest BCUT2D eigenvalue weighted by molar-refractivity contribution is 0.102. The lowest BCUT2D eigenvalue weighted by Gasteiger charge is -2.12. The largest absolute Gasteiger partial charge is 0.457 e. The molecule has 0 atom stereocenters. The molecule has 198 valence electrons. The second-order valence-corrected chi connectivity index (χ2v) is 10.9. The molecule has 2 aromatic heterocycles. The van der Waals surface area contributed by atoms with Crippen molar-refractivity contribution in [2.75, 3.05) is 11.6 Å². The highest BCUT2D eigenvalue weighted by Crippen LogP contribution is 2.29. The fourth-order valence-electron chi connectivity index (χ4n) is 3.87. The third-order valence-corrected chi connectivity index (χ3v) is 6.97. The molecule has 0 spiro atoms. The molecule has 0 bridgehead atoms. The number of carbonyl (C=O) groups excluding carboxylic acids is 1. The van der Waals surface area contributed by atoms with Crippen molar-refractivity contribution in [3.63, 3.8) is 0 Å². The van der Waals surface area contributed by atoms with Crippen molar-refractivity contribution in [1.29, 1.82) is 0 Å². The lowest BCUT2D eigenvalue weighted by Crippen LogP contribution is -2.16. The third-order valence-electron chi connectivity index (χ3n) is 5.92. The van der Waals surface area contributed by atoms with Crippen LogP contribution in [-0.4, -0.2) is 39.9 Å². The van der Waals surface area contributed by atoms with Gasteiger partial charge in [-0.3, -0.25) is 9.59 Å². The number of nitrogens with zero attached hydrogens (tertiary/aromatic N) is 4. The van der Waals surface area contributed by atoms with E-state index in [4.69, 9.17) is 4.74 Å². The predicted molar refractivity (Wildman–Crippen MR) is 143 cm³/mol. The maximum absolute atomic E-state index is 13.4. The summed E-state index contributed by atoms with van der Waals surface area (Å²) < 4.78 is 46.6. The molecule has 5 rings (SSSR count). The van der Waals surface area contributed by atoms with Gasteiger partial charge in [-0.15, -0.1) is 0 Å². The van der Waals surface area contributed by atoms with Crippen LogP contribution in [0.4, 0.5) is 10.1 Å². The molecule has 12 heteroatoms. The van der Waals surface area contributed by atoms with Crippen LogP contribution in [0.25, 0.3) is 16.6 Å². The normalized spacial score (nSPS) is 11.5. The maximum Gasteiger partial charge on any atom is 0.276 e. The molecular weight excluding hydrogens is 525 g/mol. The van der Waals surface area contributed by atoms with Gasteiger partial charge in [0.05, 0.1) is 22.9 Å². The van der Waals surface area contributed by atoms with Gasteiger partial charge in [0.1, 0.15) is 17.3 Å². The summed E-state index contributed by atoms with van der Waals surface area (Å²) in [6.07, 6.45) is 2.44. The van der Waals surface area contributed by atoms with Crippen molar-refractivity contribution in [2.45, 2.75) is 11.9 Å². The minimum Gasteiger partial charge on any atom is -0.457 e. The van der Waals surface area contributed by atoms with Gasteiger partial charge in [0.25, 0.3) is 11.5 Å². The number of benzene rings is 3. The number of fused-ring (bicyclic) bond motifs is 1. The van der Waals surface area contributed by atoms with Crippen molar-refractivity contribution in [3.8, 4) is 17.2 Å². The summed E-state index contributed by atoms with van der Waals surface area (Å²) in [4.78, 5) is 29.7. The second-order valence-electron chi connectivity index (χ2n) is 8.90. The fourth-order valence-corrected chi connectivity index (χ4v) is 4.66. The molecule has 3 aromatic carbocycles. The molecule has 2 heterocycles. The average molecular weight is 548 g/mol. The molecule has 0 fully saturated rings. The number of hydrogen-bond acceptors (Lipinski definition) is 7. The van der Waals surface area contributed by atoms with Crippen LogP contribution in [-0.2, 0) is 16.9 Å². The van der Waals surface area contributed by atoms with Crippen LogP contribution in [0.3, 0.4) is 0 Å². The zero-order valence-corrected chi connectivity index (χ0v) is 21.9. The van der Waals surface area contributed by atoms with Crippen LogP contribution < -0.4 is 15.6 Å². The van der Waals surface area contributed by atoms with E-state index < -0.39 is 21.6 Å². The second kappa shape index (κ2) is 9.80. The number of halogens is 1. The van der Waals surface area contributed by atoms with Gasteiger partial charge in [-0.1, -0.05) is 6.07 Å². The Hall–Kier alpha value is -4.84. The number of carbonyl (C=O) groups is 1. The first-order chi connectivity index (χ1) is 18.5. The Bertz CT molecular complexity index is 1910. The first kappa shape index (κ1) is 25.8. The molecule has 0 radical (unpaired) electrons. The SMILES string of the molecule is Cc1ccc(NC(=O)c2cc(S(C)(=O)=O)n(-c3ccc(F)cc3)n2)cc1Oc1ccc2ncn(C)c(=O)c2c1. The lowest BCUT2D eigenvalue weighted by atomic mass is 10.2. The van der Waals surface area contributed by atoms with Crippen molar-refractivity contribution in [2.24, 2.45) is 7.05 Å². The number of sulfone groups is 1. The number of nitrogens with one attached hydrogen (secondary N) is 1. The van der Waals surface area contributed by atoms with E-state index in [2.05, 4.69) is 15.4 Å². The molecular formula is C27H22FN5O5S. The maximum atomic E-state index is 13.4. The van der Waals surface area contributed by atoms with E-state index >= 15 is 0 Å². The molecule has 5 aromatic rings. The number of anilines is 1. The van der Waals surface area contributed by atoms with Crippen LogP contribution in [0.15, 0.2) is 82.9 Å². The van der Waals surface area contributed by atoms with Gasteiger partial charge >= 0.3 is 0 Å². The van der Waals surface area contributed by atoms with Gasteiger partial charge in [0.2, 0.25) is 0 Å². The molecule has 10 nitrogen and oxygen atoms in total. The number of rotatable bonds is 6. The summed E-state index contributed by atoms with van der Waals surface area (Å²) in [7, 11) is -2.16. The first-order valence-electron chi connectivity index (χ1n) is 11.6. The molecule has 0 aliphatic carbocycles. The molecule has 0 aliphatic rings. The molecule has 0 saturated carbocycles. The van der Waals surface area contributed by atoms with E-state index in [1.165, 1.54) is 35.2 Å². The summed E-state index contributed by atoms with van der Waals surface area (Å²) in [6, 6.07) is 16.2. The number of amides is 1. The zero-order chi connectivity index (χ0) is 27.9. The van der Waals surface area contributed by atoms with Gasteiger partial charge in [0.15, 0.2) is 20.6 Å². The highest BCUT2D eigenvalue weighted by molar-refractivity contribution is 7.90. The minimum absolute atomic E-state index is 0.152. The molecule has 1 amide bonds. The van der Waals surface area contributed by atoms with Crippen molar-refractivity contribution in [3.05, 3.63) is 100 Å². The summed E-state index contributed by atoms with van der Waals surface area (Å²) in [5.41, 5.74) is 1.60. The Morgan fingerprint density at radius 1 is 1.03 bits per heavy atom. The van der Waals surface area contributed by atoms with Gasteiger partial charge in [-0.05, 0) is 61.0 Å². The smallest absolute Gasteiger partial charge is 0.276 e. The Balaban J connectivity index is 1.43. The molecule has 39 heavy (non-hydrogen) atoms. The molecule has 0 aliphatic heterocycles. The monoisotopic (exact) mass is 547 g/mol. The Morgan fingerprint density at radius 2 is 1.77 bits per heavy atom. The fraction of sp³-hybridized carbons (Fsp3) is 0.111. The van der Waals surface area contributed by atoms with Gasteiger partial charge < -0.3 is 14.6 Å². The molecule has 1 N–H and O–H groups in total. The number of hydrogen-bond donors (Lipinski definition) is 1. The highest BCUT2D eigenvalue weighted by Gasteiger charge is 2.22. The first-order valence-corrected chi connectivity index (χ1v) is 13.5. The van der Waals surface area contributed by atoms with Crippen LogP contribution in [0.5, 0.6) is 11.5 Å². The van der Waals surface area contributed by atoms with E-state index in [1.54, 1.807) is 43.4 Å². The molecule has 0 saturated heterocycles. The van der Waals surface area contributed by atoms with Gasteiger partial charge in [0, 0.05) is 31.1 Å². The van der Waals surface area contributed by atoms with E-state index in [9.17, 15) is 22.4 Å². The van der Waals surface area contributed by atoms with Crippen LogP contribution >= 0.6 is 0 Å². The Labute approximate surface area is 222 Å². The third kappa shape index (κ3) is 5.27. The van der Waals surface area contributed by atoms with Crippen molar-refractivity contribution < 1.29 is 22.3 Å².